The molecule has 32 heavy (non-hydrogen) atoms. The van der Waals surface area contributed by atoms with E-state index in [4.69, 9.17) is 0 Å². The quantitative estimate of drug-likeness (QED) is 0.427. The molecule has 0 aromatic heterocycles. The predicted molar refractivity (Wildman–Crippen MR) is 124 cm³/mol. The second-order valence-electron chi connectivity index (χ2n) is 9.63. The van der Waals surface area contributed by atoms with Crippen LogP contribution in [0.2, 0.25) is 0 Å². The van der Waals surface area contributed by atoms with E-state index in [9.17, 15) is 19.1 Å². The van der Waals surface area contributed by atoms with E-state index >= 15 is 0 Å². The van der Waals surface area contributed by atoms with Gasteiger partial charge in [0.2, 0.25) is 0 Å². The fourth-order valence-corrected chi connectivity index (χ4v) is 3.90. The van der Waals surface area contributed by atoms with Crippen LogP contribution in [0.1, 0.15) is 49.1 Å². The molecule has 1 unspecified atom stereocenters. The highest BCUT2D eigenvalue weighted by Crippen LogP contribution is 2.40. The molecule has 1 atom stereocenters. The first-order valence-corrected chi connectivity index (χ1v) is 10.7. The zero-order valence-corrected chi connectivity index (χ0v) is 19.6. The van der Waals surface area contributed by atoms with Crippen molar-refractivity contribution in [3.63, 3.8) is 0 Å². The molecule has 170 valence electrons. The van der Waals surface area contributed by atoms with Crippen LogP contribution in [0.25, 0.3) is 5.76 Å². The molecule has 0 aliphatic carbocycles. The minimum absolute atomic E-state index is 0.0366. The molecule has 1 N–H and O–H groups in total. The van der Waals surface area contributed by atoms with Crippen molar-refractivity contribution in [3.05, 3.63) is 76.1 Å². The summed E-state index contributed by atoms with van der Waals surface area (Å²) in [6, 6.07) is 10.7. The number of ketones is 1. The summed E-state index contributed by atoms with van der Waals surface area (Å²) < 4.78 is 13.6. The van der Waals surface area contributed by atoms with E-state index in [-0.39, 0.29) is 16.7 Å². The molecule has 1 saturated heterocycles. The number of halogens is 1. The van der Waals surface area contributed by atoms with Gasteiger partial charge in [-0.2, -0.15) is 0 Å². The van der Waals surface area contributed by atoms with Gasteiger partial charge in [-0.1, -0.05) is 45.0 Å². The maximum absolute atomic E-state index is 13.6. The van der Waals surface area contributed by atoms with Crippen LogP contribution >= 0.6 is 0 Å². The van der Waals surface area contributed by atoms with Gasteiger partial charge in [0.25, 0.3) is 11.7 Å². The summed E-state index contributed by atoms with van der Waals surface area (Å²) in [4.78, 5) is 29.5. The van der Waals surface area contributed by atoms with Gasteiger partial charge in [-0.05, 0) is 61.3 Å². The van der Waals surface area contributed by atoms with Crippen LogP contribution in [0, 0.1) is 12.7 Å². The fraction of sp³-hybridized carbons (Fsp3) is 0.385. The second-order valence-corrected chi connectivity index (χ2v) is 9.63. The first-order valence-electron chi connectivity index (χ1n) is 10.7. The van der Waals surface area contributed by atoms with Crippen molar-refractivity contribution in [1.29, 1.82) is 0 Å². The van der Waals surface area contributed by atoms with E-state index in [1.165, 1.54) is 17.0 Å². The van der Waals surface area contributed by atoms with Gasteiger partial charge in [0.15, 0.2) is 0 Å². The largest absolute Gasteiger partial charge is 0.507 e. The molecule has 2 aromatic rings. The number of likely N-dealkylation sites (tertiary alicyclic amines) is 1. The number of likely N-dealkylation sites (N-methyl/N-ethyl adjacent to an activating group) is 1. The SMILES string of the molecule is Cc1ccc(C(C)(C)C)cc1/C(O)=C1\C(=O)C(=O)N(CCN(C)C)C1c1ccc(F)cc1. The van der Waals surface area contributed by atoms with Crippen LogP contribution in [0.4, 0.5) is 4.39 Å². The van der Waals surface area contributed by atoms with E-state index in [1.54, 1.807) is 12.1 Å². The van der Waals surface area contributed by atoms with E-state index in [0.29, 0.717) is 24.2 Å². The molecule has 1 fully saturated rings. The molecular formula is C26H31FN2O3. The first kappa shape index (κ1) is 23.7. The number of carbonyl (C=O) groups is 2. The maximum Gasteiger partial charge on any atom is 0.295 e. The Labute approximate surface area is 189 Å². The van der Waals surface area contributed by atoms with Crippen LogP contribution in [-0.2, 0) is 15.0 Å². The number of aliphatic hydroxyl groups is 1. The van der Waals surface area contributed by atoms with Crippen LogP contribution in [0.5, 0.6) is 0 Å². The average molecular weight is 439 g/mol. The number of hydrogen-bond donors (Lipinski definition) is 1. The number of hydrogen-bond acceptors (Lipinski definition) is 4. The summed E-state index contributed by atoms with van der Waals surface area (Å²) in [5.74, 6) is -2.00. The van der Waals surface area contributed by atoms with Crippen molar-refractivity contribution < 1.29 is 19.1 Å². The minimum atomic E-state index is -0.784. The minimum Gasteiger partial charge on any atom is -0.507 e. The van der Waals surface area contributed by atoms with E-state index < -0.39 is 23.5 Å². The average Bonchev–Trinajstić information content (AvgIpc) is 2.96. The lowest BCUT2D eigenvalue weighted by Crippen LogP contribution is -2.35. The number of benzene rings is 2. The zero-order chi connectivity index (χ0) is 23.8. The van der Waals surface area contributed by atoms with Gasteiger partial charge in [-0.15, -0.1) is 0 Å². The second kappa shape index (κ2) is 8.87. The van der Waals surface area contributed by atoms with Crippen molar-refractivity contribution in [3.8, 4) is 0 Å². The van der Waals surface area contributed by atoms with Gasteiger partial charge in [0, 0.05) is 18.7 Å². The highest BCUT2D eigenvalue weighted by atomic mass is 19.1. The molecule has 1 aliphatic rings. The highest BCUT2D eigenvalue weighted by Gasteiger charge is 2.46. The summed E-state index contributed by atoms with van der Waals surface area (Å²) in [6.07, 6.45) is 0. The molecule has 0 bridgehead atoms. The lowest BCUT2D eigenvalue weighted by Gasteiger charge is -2.27. The summed E-state index contributed by atoms with van der Waals surface area (Å²) >= 11 is 0. The highest BCUT2D eigenvalue weighted by molar-refractivity contribution is 6.46. The Bertz CT molecular complexity index is 1070. The number of amides is 1. The summed E-state index contributed by atoms with van der Waals surface area (Å²) in [5, 5.41) is 11.4. The van der Waals surface area contributed by atoms with Crippen molar-refractivity contribution in [1.82, 2.24) is 9.80 Å². The van der Waals surface area contributed by atoms with Gasteiger partial charge in [-0.3, -0.25) is 9.59 Å². The van der Waals surface area contributed by atoms with E-state index in [2.05, 4.69) is 20.8 Å². The summed E-state index contributed by atoms with van der Waals surface area (Å²) in [7, 11) is 3.76. The Kier molecular flexibility index (Phi) is 6.56. The molecule has 0 saturated carbocycles. The van der Waals surface area contributed by atoms with Crippen LogP contribution < -0.4 is 0 Å². The van der Waals surface area contributed by atoms with Crippen LogP contribution in [-0.4, -0.2) is 53.8 Å². The third-order valence-electron chi connectivity index (χ3n) is 5.87. The van der Waals surface area contributed by atoms with Crippen molar-refractivity contribution in [2.75, 3.05) is 27.2 Å². The fourth-order valence-electron chi connectivity index (χ4n) is 3.90. The van der Waals surface area contributed by atoms with Gasteiger partial charge in [0.05, 0.1) is 11.6 Å². The summed E-state index contributed by atoms with van der Waals surface area (Å²) in [5.41, 5.74) is 2.79. The monoisotopic (exact) mass is 438 g/mol. The Morgan fingerprint density at radius 1 is 1.09 bits per heavy atom. The maximum atomic E-state index is 13.6. The smallest absolute Gasteiger partial charge is 0.295 e. The molecule has 3 rings (SSSR count). The Hall–Kier alpha value is -2.99. The number of carbonyl (C=O) groups excluding carboxylic acids is 2. The number of aliphatic hydroxyl groups excluding tert-OH is 1. The predicted octanol–water partition coefficient (Wildman–Crippen LogP) is 4.41. The van der Waals surface area contributed by atoms with Gasteiger partial charge in [0.1, 0.15) is 11.6 Å². The number of rotatable bonds is 5. The summed E-state index contributed by atoms with van der Waals surface area (Å²) in [6.45, 7) is 8.91. The lowest BCUT2D eigenvalue weighted by atomic mass is 9.84. The first-order chi connectivity index (χ1) is 14.9. The third-order valence-corrected chi connectivity index (χ3v) is 5.87. The molecule has 0 spiro atoms. The molecule has 2 aromatic carbocycles. The molecule has 1 aliphatic heterocycles. The Morgan fingerprint density at radius 2 is 1.72 bits per heavy atom. The van der Waals surface area contributed by atoms with Crippen molar-refractivity contribution in [2.45, 2.75) is 39.2 Å². The van der Waals surface area contributed by atoms with Crippen molar-refractivity contribution >= 4 is 17.4 Å². The van der Waals surface area contributed by atoms with Crippen LogP contribution in [0.3, 0.4) is 0 Å². The molecular weight excluding hydrogens is 407 g/mol. The van der Waals surface area contributed by atoms with E-state index in [0.717, 1.165) is 11.1 Å². The third kappa shape index (κ3) is 4.60. The van der Waals surface area contributed by atoms with Gasteiger partial charge < -0.3 is 14.9 Å². The molecule has 1 heterocycles. The van der Waals surface area contributed by atoms with Crippen molar-refractivity contribution in [2.24, 2.45) is 0 Å². The van der Waals surface area contributed by atoms with Gasteiger partial charge >= 0.3 is 0 Å². The van der Waals surface area contributed by atoms with Crippen LogP contribution in [0.15, 0.2) is 48.0 Å². The lowest BCUT2D eigenvalue weighted by molar-refractivity contribution is -0.140. The standard InChI is InChI=1S/C26H31FN2O3/c1-16-7-10-18(26(2,3)4)15-20(16)23(30)21-22(17-8-11-19(27)12-9-17)29(14-13-28(5)6)25(32)24(21)31/h7-12,15,22,30H,13-14H2,1-6H3/b23-21+. The van der Waals surface area contributed by atoms with Gasteiger partial charge in [-0.25, -0.2) is 4.39 Å². The molecule has 1 amide bonds. The topological polar surface area (TPSA) is 60.9 Å². The Balaban J connectivity index is 2.21. The molecule has 5 nitrogen and oxygen atoms in total. The molecule has 0 radical (unpaired) electrons. The van der Waals surface area contributed by atoms with E-state index in [1.807, 2.05) is 44.1 Å². The normalized spacial score (nSPS) is 18.6. The number of Topliss-reactive ketones (excluding diaryl/α,β-unsaturated/α-hetero) is 1. The zero-order valence-electron chi connectivity index (χ0n) is 19.6. The number of aryl methyl sites for hydroxylation is 1. The Morgan fingerprint density at radius 3 is 2.28 bits per heavy atom. The number of nitrogens with zero attached hydrogens (tertiary/aromatic N) is 2. The molecule has 6 heteroatoms.